The number of rotatable bonds is 4. The average molecular weight is 287 g/mol. The van der Waals surface area contributed by atoms with Crippen molar-refractivity contribution in [1.82, 2.24) is 14.5 Å². The van der Waals surface area contributed by atoms with Gasteiger partial charge in [0.1, 0.15) is 17.3 Å². The van der Waals surface area contributed by atoms with Crippen molar-refractivity contribution >= 4 is 0 Å². The average Bonchev–Trinajstić information content (AvgIpc) is 3.01. The van der Waals surface area contributed by atoms with E-state index >= 15 is 0 Å². The molecular weight excluding hydrogens is 262 g/mol. The van der Waals surface area contributed by atoms with Crippen LogP contribution in [-0.2, 0) is 13.1 Å². The molecule has 0 bridgehead atoms. The molecule has 0 unspecified atom stereocenters. The molecule has 0 amide bonds. The molecular formula is C17H25N3O. The predicted molar refractivity (Wildman–Crippen MR) is 83.1 cm³/mol. The minimum absolute atomic E-state index is 0.770. The second-order valence-corrected chi connectivity index (χ2v) is 6.29. The fourth-order valence-corrected chi connectivity index (χ4v) is 3.23. The summed E-state index contributed by atoms with van der Waals surface area (Å²) in [6.07, 6.45) is 4.50. The Morgan fingerprint density at radius 1 is 1.19 bits per heavy atom. The number of likely N-dealkylation sites (tertiary alicyclic amines) is 1. The van der Waals surface area contributed by atoms with Crippen LogP contribution in [0.2, 0.25) is 0 Å². The lowest BCUT2D eigenvalue weighted by atomic mass is 9.96. The summed E-state index contributed by atoms with van der Waals surface area (Å²) in [5.41, 5.74) is 1.28. The second-order valence-electron chi connectivity index (χ2n) is 6.29. The van der Waals surface area contributed by atoms with E-state index in [2.05, 4.69) is 34.4 Å². The minimum atomic E-state index is 0.770. The van der Waals surface area contributed by atoms with E-state index in [1.165, 1.54) is 18.5 Å². The summed E-state index contributed by atoms with van der Waals surface area (Å²) in [6, 6.07) is 4.15. The van der Waals surface area contributed by atoms with Gasteiger partial charge in [-0.15, -0.1) is 0 Å². The summed E-state index contributed by atoms with van der Waals surface area (Å²) < 4.78 is 8.03. The predicted octanol–water partition coefficient (Wildman–Crippen LogP) is 3.31. The maximum Gasteiger partial charge on any atom is 0.118 e. The Balaban J connectivity index is 1.51. The Kier molecular flexibility index (Phi) is 4.15. The van der Waals surface area contributed by atoms with Gasteiger partial charge in [-0.25, -0.2) is 4.98 Å². The van der Waals surface area contributed by atoms with Crippen LogP contribution in [0, 0.1) is 26.7 Å². The van der Waals surface area contributed by atoms with Crippen LogP contribution in [0.5, 0.6) is 0 Å². The van der Waals surface area contributed by atoms with Crippen molar-refractivity contribution in [3.63, 3.8) is 0 Å². The van der Waals surface area contributed by atoms with E-state index in [4.69, 9.17) is 4.42 Å². The monoisotopic (exact) mass is 287 g/mol. The maximum atomic E-state index is 5.68. The number of aryl methyl sites for hydroxylation is 3. The third kappa shape index (κ3) is 3.38. The second kappa shape index (κ2) is 6.06. The lowest BCUT2D eigenvalue weighted by Crippen LogP contribution is -2.34. The van der Waals surface area contributed by atoms with Crippen molar-refractivity contribution in [3.05, 3.63) is 41.4 Å². The molecule has 1 fully saturated rings. The molecule has 0 saturated carbocycles. The Morgan fingerprint density at radius 3 is 2.52 bits per heavy atom. The highest BCUT2D eigenvalue weighted by molar-refractivity contribution is 5.05. The SMILES string of the molecule is Cc1ccc(CN2CCC(Cn3c(C)cnc3C)CC2)o1. The third-order valence-corrected chi connectivity index (χ3v) is 4.58. The van der Waals surface area contributed by atoms with Crippen LogP contribution in [0.3, 0.4) is 0 Å². The number of furan rings is 1. The van der Waals surface area contributed by atoms with Gasteiger partial charge in [-0.1, -0.05) is 0 Å². The number of nitrogens with zero attached hydrogens (tertiary/aromatic N) is 3. The molecule has 114 valence electrons. The maximum absolute atomic E-state index is 5.68. The molecule has 1 aliphatic rings. The Labute approximate surface area is 126 Å². The summed E-state index contributed by atoms with van der Waals surface area (Å²) in [7, 11) is 0. The van der Waals surface area contributed by atoms with Crippen LogP contribution in [0.25, 0.3) is 0 Å². The quantitative estimate of drug-likeness (QED) is 0.865. The first-order chi connectivity index (χ1) is 10.1. The summed E-state index contributed by atoms with van der Waals surface area (Å²) >= 11 is 0. The zero-order chi connectivity index (χ0) is 14.8. The first-order valence-electron chi connectivity index (χ1n) is 7.88. The Morgan fingerprint density at radius 2 is 1.95 bits per heavy atom. The summed E-state index contributed by atoms with van der Waals surface area (Å²) in [4.78, 5) is 6.90. The zero-order valence-corrected chi connectivity index (χ0v) is 13.3. The van der Waals surface area contributed by atoms with E-state index in [0.29, 0.717) is 0 Å². The minimum Gasteiger partial charge on any atom is -0.465 e. The summed E-state index contributed by atoms with van der Waals surface area (Å²) in [5.74, 6) is 4.00. The highest BCUT2D eigenvalue weighted by Crippen LogP contribution is 2.22. The molecule has 1 saturated heterocycles. The number of aromatic nitrogens is 2. The molecule has 0 N–H and O–H groups in total. The molecule has 21 heavy (non-hydrogen) atoms. The van der Waals surface area contributed by atoms with Crippen molar-refractivity contribution in [2.24, 2.45) is 5.92 Å². The van der Waals surface area contributed by atoms with Gasteiger partial charge in [0.05, 0.1) is 6.54 Å². The van der Waals surface area contributed by atoms with Crippen LogP contribution >= 0.6 is 0 Å². The molecule has 3 heterocycles. The normalized spacial score (nSPS) is 17.5. The standard InChI is InChI=1S/C17H25N3O/c1-13-10-18-15(3)20(13)11-16-6-8-19(9-7-16)12-17-5-4-14(2)21-17/h4-5,10,16H,6-9,11-12H2,1-3H3. The van der Waals surface area contributed by atoms with E-state index in [1.54, 1.807) is 0 Å². The molecule has 0 aliphatic carbocycles. The van der Waals surface area contributed by atoms with Gasteiger partial charge in [0.2, 0.25) is 0 Å². The molecule has 2 aromatic heterocycles. The lowest BCUT2D eigenvalue weighted by molar-refractivity contribution is 0.156. The topological polar surface area (TPSA) is 34.2 Å². The molecule has 0 atom stereocenters. The van der Waals surface area contributed by atoms with Crippen LogP contribution in [0.15, 0.2) is 22.7 Å². The van der Waals surface area contributed by atoms with Crippen molar-refractivity contribution in [1.29, 1.82) is 0 Å². The first kappa shape index (κ1) is 14.4. The van der Waals surface area contributed by atoms with Crippen molar-refractivity contribution < 1.29 is 4.42 Å². The molecule has 3 rings (SSSR count). The molecule has 0 radical (unpaired) electrons. The van der Waals surface area contributed by atoms with Gasteiger partial charge in [0.15, 0.2) is 0 Å². The van der Waals surface area contributed by atoms with E-state index in [-0.39, 0.29) is 0 Å². The van der Waals surface area contributed by atoms with E-state index < -0.39 is 0 Å². The van der Waals surface area contributed by atoms with Gasteiger partial charge < -0.3 is 8.98 Å². The third-order valence-electron chi connectivity index (χ3n) is 4.58. The fraction of sp³-hybridized carbons (Fsp3) is 0.588. The lowest BCUT2D eigenvalue weighted by Gasteiger charge is -2.31. The Hall–Kier alpha value is -1.55. The van der Waals surface area contributed by atoms with Gasteiger partial charge in [-0.05, 0) is 64.8 Å². The van der Waals surface area contributed by atoms with Crippen LogP contribution in [-0.4, -0.2) is 27.5 Å². The van der Waals surface area contributed by atoms with Gasteiger partial charge in [0.25, 0.3) is 0 Å². The molecule has 4 nitrogen and oxygen atoms in total. The van der Waals surface area contributed by atoms with E-state index in [1.807, 2.05) is 19.2 Å². The van der Waals surface area contributed by atoms with Crippen LogP contribution in [0.4, 0.5) is 0 Å². The van der Waals surface area contributed by atoms with Gasteiger partial charge in [0, 0.05) is 18.4 Å². The molecule has 0 spiro atoms. The number of piperidine rings is 1. The zero-order valence-electron chi connectivity index (χ0n) is 13.3. The van der Waals surface area contributed by atoms with Crippen LogP contribution in [0.1, 0.15) is 35.9 Å². The molecule has 0 aromatic carbocycles. The number of hydrogen-bond donors (Lipinski definition) is 0. The molecule has 4 heteroatoms. The Bertz CT molecular complexity index is 571. The van der Waals surface area contributed by atoms with Crippen molar-refractivity contribution in [2.75, 3.05) is 13.1 Å². The molecule has 1 aliphatic heterocycles. The van der Waals surface area contributed by atoms with Crippen molar-refractivity contribution in [2.45, 2.75) is 46.7 Å². The summed E-state index contributed by atoms with van der Waals surface area (Å²) in [6.45, 7) is 10.6. The number of hydrogen-bond acceptors (Lipinski definition) is 3. The van der Waals surface area contributed by atoms with E-state index in [9.17, 15) is 0 Å². The first-order valence-corrected chi connectivity index (χ1v) is 7.88. The van der Waals surface area contributed by atoms with Crippen LogP contribution < -0.4 is 0 Å². The highest BCUT2D eigenvalue weighted by Gasteiger charge is 2.21. The number of imidazole rings is 1. The molecule has 2 aromatic rings. The van der Waals surface area contributed by atoms with Gasteiger partial charge in [-0.2, -0.15) is 0 Å². The van der Waals surface area contributed by atoms with Gasteiger partial charge >= 0.3 is 0 Å². The highest BCUT2D eigenvalue weighted by atomic mass is 16.3. The fourth-order valence-electron chi connectivity index (χ4n) is 3.23. The smallest absolute Gasteiger partial charge is 0.118 e. The largest absolute Gasteiger partial charge is 0.465 e. The van der Waals surface area contributed by atoms with Crippen molar-refractivity contribution in [3.8, 4) is 0 Å². The van der Waals surface area contributed by atoms with Gasteiger partial charge in [-0.3, -0.25) is 4.90 Å². The van der Waals surface area contributed by atoms with E-state index in [0.717, 1.165) is 49.4 Å². The summed E-state index contributed by atoms with van der Waals surface area (Å²) in [5, 5.41) is 0.